The first-order valence-electron chi connectivity index (χ1n) is 9.51. The Morgan fingerprint density at radius 1 is 1.25 bits per heavy atom. The summed E-state index contributed by atoms with van der Waals surface area (Å²) in [6, 6.07) is 4.51. The Morgan fingerprint density at radius 3 is 2.68 bits per heavy atom. The van der Waals surface area contributed by atoms with Crippen molar-refractivity contribution in [2.45, 2.75) is 31.1 Å². The molecule has 1 saturated heterocycles. The normalized spacial score (nSPS) is 17.9. The summed E-state index contributed by atoms with van der Waals surface area (Å²) in [5.74, 6) is 0.355. The summed E-state index contributed by atoms with van der Waals surface area (Å²) >= 11 is 0. The van der Waals surface area contributed by atoms with Gasteiger partial charge in [-0.3, -0.25) is 4.79 Å². The fourth-order valence-electron chi connectivity index (χ4n) is 3.18. The van der Waals surface area contributed by atoms with Crippen LogP contribution in [-0.2, 0) is 19.6 Å². The fraction of sp³-hybridized carbons (Fsp3) is 0.632. The second-order valence-corrected chi connectivity index (χ2v) is 8.50. The number of hydrogen-bond donors (Lipinski definition) is 1. The highest BCUT2D eigenvalue weighted by molar-refractivity contribution is 7.89. The monoisotopic (exact) mass is 414 g/mol. The van der Waals surface area contributed by atoms with Crippen LogP contribution in [0.3, 0.4) is 0 Å². The summed E-state index contributed by atoms with van der Waals surface area (Å²) in [5.41, 5.74) is 0. The zero-order valence-electron chi connectivity index (χ0n) is 16.8. The Bertz CT molecular complexity index is 753. The summed E-state index contributed by atoms with van der Waals surface area (Å²) < 4.78 is 43.1. The number of amides is 1. The van der Waals surface area contributed by atoms with Crippen LogP contribution in [0.4, 0.5) is 0 Å². The van der Waals surface area contributed by atoms with Crippen molar-refractivity contribution in [3.63, 3.8) is 0 Å². The molecular formula is C19H30N2O6S. The second-order valence-electron chi connectivity index (χ2n) is 6.56. The minimum atomic E-state index is -3.72. The smallest absolute Gasteiger partial charge is 0.243 e. The van der Waals surface area contributed by atoms with Gasteiger partial charge < -0.3 is 19.5 Å². The Kier molecular flexibility index (Phi) is 8.53. The Hall–Kier alpha value is -1.84. The molecule has 0 bridgehead atoms. The molecule has 1 aromatic carbocycles. The fourth-order valence-corrected chi connectivity index (χ4v) is 4.72. The Labute approximate surface area is 167 Å². The molecular weight excluding hydrogens is 384 g/mol. The second kappa shape index (κ2) is 10.6. The van der Waals surface area contributed by atoms with Crippen molar-refractivity contribution < 1.29 is 27.4 Å². The molecule has 9 heteroatoms. The third kappa shape index (κ3) is 5.59. The van der Waals surface area contributed by atoms with E-state index in [1.165, 1.54) is 30.7 Å². The third-order valence-electron chi connectivity index (χ3n) is 4.72. The Morgan fingerprint density at radius 2 is 2.00 bits per heavy atom. The predicted octanol–water partition coefficient (Wildman–Crippen LogP) is 1.65. The molecule has 1 heterocycles. The molecule has 1 aliphatic rings. The van der Waals surface area contributed by atoms with Gasteiger partial charge in [0.15, 0.2) is 11.5 Å². The molecule has 0 radical (unpaired) electrons. The van der Waals surface area contributed by atoms with Gasteiger partial charge in [-0.15, -0.1) is 0 Å². The molecule has 28 heavy (non-hydrogen) atoms. The van der Waals surface area contributed by atoms with Gasteiger partial charge in [-0.2, -0.15) is 4.31 Å². The van der Waals surface area contributed by atoms with E-state index >= 15 is 0 Å². The largest absolute Gasteiger partial charge is 0.493 e. The molecule has 0 aliphatic carbocycles. The zero-order chi connectivity index (χ0) is 20.6. The number of nitrogens with one attached hydrogen (secondary N) is 1. The van der Waals surface area contributed by atoms with Crippen LogP contribution in [0.15, 0.2) is 23.1 Å². The number of piperidine rings is 1. The number of ether oxygens (including phenoxy) is 3. The van der Waals surface area contributed by atoms with E-state index in [1.807, 2.05) is 6.92 Å². The number of rotatable bonds is 10. The van der Waals surface area contributed by atoms with Crippen LogP contribution in [0, 0.1) is 5.92 Å². The van der Waals surface area contributed by atoms with Crippen molar-refractivity contribution in [3.05, 3.63) is 18.2 Å². The molecule has 1 fully saturated rings. The van der Waals surface area contributed by atoms with Crippen molar-refractivity contribution in [2.24, 2.45) is 5.92 Å². The number of sulfonamides is 1. The lowest BCUT2D eigenvalue weighted by Gasteiger charge is -2.31. The van der Waals surface area contributed by atoms with Crippen LogP contribution in [0.5, 0.6) is 11.5 Å². The minimum absolute atomic E-state index is 0.108. The van der Waals surface area contributed by atoms with Gasteiger partial charge in [-0.1, -0.05) is 0 Å². The van der Waals surface area contributed by atoms with E-state index in [2.05, 4.69) is 5.32 Å². The average molecular weight is 415 g/mol. The topological polar surface area (TPSA) is 94.2 Å². The molecule has 2 rings (SSSR count). The standard InChI is InChI=1S/C19H30N2O6S/c1-4-27-12-6-10-20-19(22)15-7-5-11-21(14-15)28(23,24)16-8-9-17(25-2)18(13-16)26-3/h8-9,13,15H,4-7,10-12,14H2,1-3H3,(H,20,22)/t15-/m0/s1. The number of benzene rings is 1. The molecule has 8 nitrogen and oxygen atoms in total. The summed E-state index contributed by atoms with van der Waals surface area (Å²) in [6.07, 6.45) is 2.05. The van der Waals surface area contributed by atoms with Gasteiger partial charge in [-0.05, 0) is 38.3 Å². The van der Waals surface area contributed by atoms with E-state index in [0.29, 0.717) is 50.6 Å². The van der Waals surface area contributed by atoms with Crippen LogP contribution in [0.1, 0.15) is 26.2 Å². The van der Waals surface area contributed by atoms with Gasteiger partial charge in [0.25, 0.3) is 0 Å². The summed E-state index contributed by atoms with van der Waals surface area (Å²) in [6.45, 7) is 4.27. The first kappa shape index (κ1) is 22.4. The maximum Gasteiger partial charge on any atom is 0.243 e. The quantitative estimate of drug-likeness (QED) is 0.585. The van der Waals surface area contributed by atoms with Crippen molar-refractivity contribution in [1.29, 1.82) is 0 Å². The van der Waals surface area contributed by atoms with Gasteiger partial charge in [0, 0.05) is 38.9 Å². The average Bonchev–Trinajstić information content (AvgIpc) is 2.72. The predicted molar refractivity (Wildman–Crippen MR) is 105 cm³/mol. The van der Waals surface area contributed by atoms with E-state index in [4.69, 9.17) is 14.2 Å². The van der Waals surface area contributed by atoms with Crippen molar-refractivity contribution in [3.8, 4) is 11.5 Å². The van der Waals surface area contributed by atoms with Crippen LogP contribution in [0.2, 0.25) is 0 Å². The highest BCUT2D eigenvalue weighted by Crippen LogP contribution is 2.32. The molecule has 0 unspecified atom stereocenters. The molecule has 1 aliphatic heterocycles. The zero-order valence-corrected chi connectivity index (χ0v) is 17.6. The number of methoxy groups -OCH3 is 2. The van der Waals surface area contributed by atoms with Gasteiger partial charge in [0.2, 0.25) is 15.9 Å². The minimum Gasteiger partial charge on any atom is -0.493 e. The lowest BCUT2D eigenvalue weighted by Crippen LogP contribution is -2.45. The summed E-state index contributed by atoms with van der Waals surface area (Å²) in [7, 11) is -0.767. The van der Waals surface area contributed by atoms with E-state index in [-0.39, 0.29) is 23.3 Å². The SMILES string of the molecule is CCOCCCNC(=O)[C@H]1CCCN(S(=O)(=O)c2ccc(OC)c(OC)c2)C1. The number of carbonyl (C=O) groups is 1. The van der Waals surface area contributed by atoms with Gasteiger partial charge >= 0.3 is 0 Å². The van der Waals surface area contributed by atoms with Crippen LogP contribution >= 0.6 is 0 Å². The first-order valence-corrected chi connectivity index (χ1v) is 11.0. The van der Waals surface area contributed by atoms with Crippen molar-refractivity contribution in [2.75, 3.05) is 47.1 Å². The first-order chi connectivity index (χ1) is 13.4. The van der Waals surface area contributed by atoms with Crippen molar-refractivity contribution >= 4 is 15.9 Å². The number of nitrogens with zero attached hydrogens (tertiary/aromatic N) is 1. The summed E-state index contributed by atoms with van der Waals surface area (Å²) in [5, 5.41) is 2.88. The molecule has 1 aromatic rings. The lowest BCUT2D eigenvalue weighted by molar-refractivity contribution is -0.126. The number of carbonyl (C=O) groups excluding carboxylic acids is 1. The van der Waals surface area contributed by atoms with Gasteiger partial charge in [0.1, 0.15) is 0 Å². The molecule has 0 spiro atoms. The molecule has 1 atom stereocenters. The van der Waals surface area contributed by atoms with Gasteiger partial charge in [-0.25, -0.2) is 8.42 Å². The van der Waals surface area contributed by atoms with E-state index in [9.17, 15) is 13.2 Å². The molecule has 158 valence electrons. The Balaban J connectivity index is 2.03. The maximum atomic E-state index is 13.0. The maximum absolute atomic E-state index is 13.0. The summed E-state index contributed by atoms with van der Waals surface area (Å²) in [4.78, 5) is 12.5. The van der Waals surface area contributed by atoms with E-state index in [0.717, 1.165) is 6.42 Å². The van der Waals surface area contributed by atoms with Crippen LogP contribution in [0.25, 0.3) is 0 Å². The van der Waals surface area contributed by atoms with Crippen LogP contribution < -0.4 is 14.8 Å². The van der Waals surface area contributed by atoms with Crippen LogP contribution in [-0.4, -0.2) is 65.7 Å². The molecule has 0 aromatic heterocycles. The van der Waals surface area contributed by atoms with Crippen molar-refractivity contribution in [1.82, 2.24) is 9.62 Å². The lowest BCUT2D eigenvalue weighted by atomic mass is 9.99. The highest BCUT2D eigenvalue weighted by atomic mass is 32.2. The molecule has 0 saturated carbocycles. The van der Waals surface area contributed by atoms with Gasteiger partial charge in [0.05, 0.1) is 25.0 Å². The third-order valence-corrected chi connectivity index (χ3v) is 6.58. The molecule has 1 N–H and O–H groups in total. The number of hydrogen-bond acceptors (Lipinski definition) is 6. The van der Waals surface area contributed by atoms with E-state index < -0.39 is 10.0 Å². The van der Waals surface area contributed by atoms with E-state index in [1.54, 1.807) is 6.07 Å². The molecule has 1 amide bonds. The highest BCUT2D eigenvalue weighted by Gasteiger charge is 2.33.